The molecule has 0 saturated carbocycles. The number of hydrogen-bond donors (Lipinski definition) is 2. The number of carbonyl (C=O) groups excluding carboxylic acids is 1. The summed E-state index contributed by atoms with van der Waals surface area (Å²) < 4.78 is 12.7. The van der Waals surface area contributed by atoms with Crippen molar-refractivity contribution < 1.29 is 9.18 Å². The van der Waals surface area contributed by atoms with Crippen molar-refractivity contribution in [2.24, 2.45) is 0 Å². The van der Waals surface area contributed by atoms with Crippen molar-refractivity contribution in [1.29, 1.82) is 0 Å². The van der Waals surface area contributed by atoms with Crippen molar-refractivity contribution in [2.45, 2.75) is 6.92 Å². The molecule has 5 heteroatoms. The van der Waals surface area contributed by atoms with E-state index in [1.54, 1.807) is 24.3 Å². The van der Waals surface area contributed by atoms with Crippen LogP contribution in [0, 0.1) is 12.7 Å². The highest BCUT2D eigenvalue weighted by atomic mass is 35.5. The molecule has 2 aromatic carbocycles. The van der Waals surface area contributed by atoms with Crippen LogP contribution in [0.1, 0.15) is 5.56 Å². The lowest BCUT2D eigenvalue weighted by atomic mass is 10.2. The van der Waals surface area contributed by atoms with Gasteiger partial charge in [0.05, 0.1) is 6.54 Å². The first-order chi connectivity index (χ1) is 9.54. The monoisotopic (exact) mass is 292 g/mol. The highest BCUT2D eigenvalue weighted by Crippen LogP contribution is 2.20. The maximum absolute atomic E-state index is 12.7. The molecule has 104 valence electrons. The molecule has 0 fully saturated rings. The Kier molecular flexibility index (Phi) is 4.58. The van der Waals surface area contributed by atoms with Crippen LogP contribution in [-0.2, 0) is 4.79 Å². The lowest BCUT2D eigenvalue weighted by molar-refractivity contribution is -0.114. The van der Waals surface area contributed by atoms with Crippen molar-refractivity contribution in [3.63, 3.8) is 0 Å². The van der Waals surface area contributed by atoms with Gasteiger partial charge in [-0.3, -0.25) is 4.79 Å². The molecule has 0 aliphatic rings. The predicted octanol–water partition coefficient (Wildman–Crippen LogP) is 3.84. The van der Waals surface area contributed by atoms with Gasteiger partial charge in [-0.25, -0.2) is 4.39 Å². The molecule has 2 rings (SSSR count). The fourth-order valence-electron chi connectivity index (χ4n) is 1.67. The van der Waals surface area contributed by atoms with Crippen LogP contribution >= 0.6 is 11.6 Å². The third-order valence-corrected chi connectivity index (χ3v) is 3.01. The highest BCUT2D eigenvalue weighted by Gasteiger charge is 2.05. The Hall–Kier alpha value is -2.07. The van der Waals surface area contributed by atoms with E-state index in [1.807, 2.05) is 13.0 Å². The van der Waals surface area contributed by atoms with E-state index < -0.39 is 0 Å². The van der Waals surface area contributed by atoms with E-state index in [1.165, 1.54) is 12.1 Å². The summed E-state index contributed by atoms with van der Waals surface area (Å²) >= 11 is 5.89. The third-order valence-electron chi connectivity index (χ3n) is 2.77. The van der Waals surface area contributed by atoms with Crippen LogP contribution in [-0.4, -0.2) is 12.5 Å². The van der Waals surface area contributed by atoms with Gasteiger partial charge in [-0.15, -0.1) is 0 Å². The summed E-state index contributed by atoms with van der Waals surface area (Å²) in [6.07, 6.45) is 0. The van der Waals surface area contributed by atoms with Gasteiger partial charge in [-0.05, 0) is 48.9 Å². The van der Waals surface area contributed by atoms with Crippen LogP contribution in [0.25, 0.3) is 0 Å². The highest BCUT2D eigenvalue weighted by molar-refractivity contribution is 6.31. The van der Waals surface area contributed by atoms with E-state index in [2.05, 4.69) is 10.6 Å². The number of anilines is 2. The molecule has 0 saturated heterocycles. The van der Waals surface area contributed by atoms with Crippen LogP contribution in [0.15, 0.2) is 42.5 Å². The first-order valence-electron chi connectivity index (χ1n) is 6.10. The second-order valence-electron chi connectivity index (χ2n) is 4.37. The second kappa shape index (κ2) is 6.39. The number of halogens is 2. The number of benzene rings is 2. The summed E-state index contributed by atoms with van der Waals surface area (Å²) in [5, 5.41) is 6.25. The minimum absolute atomic E-state index is 0.0948. The number of nitrogens with one attached hydrogen (secondary N) is 2. The lowest BCUT2D eigenvalue weighted by Gasteiger charge is -2.10. The summed E-state index contributed by atoms with van der Waals surface area (Å²) in [5.74, 6) is -0.505. The molecule has 0 atom stereocenters. The summed E-state index contributed by atoms with van der Waals surface area (Å²) in [4.78, 5) is 11.8. The van der Waals surface area contributed by atoms with E-state index in [0.29, 0.717) is 16.4 Å². The molecule has 0 spiro atoms. The van der Waals surface area contributed by atoms with E-state index in [4.69, 9.17) is 11.6 Å². The molecule has 3 nitrogen and oxygen atoms in total. The quantitative estimate of drug-likeness (QED) is 0.899. The van der Waals surface area contributed by atoms with E-state index in [-0.39, 0.29) is 18.3 Å². The van der Waals surface area contributed by atoms with Gasteiger partial charge in [0.1, 0.15) is 5.82 Å². The Labute approximate surface area is 121 Å². The molecule has 2 aromatic rings. The third kappa shape index (κ3) is 3.96. The Morgan fingerprint density at radius 3 is 2.60 bits per heavy atom. The maximum atomic E-state index is 12.7. The van der Waals surface area contributed by atoms with Gasteiger partial charge in [0.15, 0.2) is 0 Å². The van der Waals surface area contributed by atoms with Gasteiger partial charge in [0.2, 0.25) is 5.91 Å². The molecular formula is C15H14ClFN2O. The van der Waals surface area contributed by atoms with Crippen molar-refractivity contribution in [1.82, 2.24) is 0 Å². The fourth-order valence-corrected chi connectivity index (χ4v) is 1.85. The summed E-state index contributed by atoms with van der Waals surface area (Å²) in [6, 6.07) is 11.1. The number of hydrogen-bond acceptors (Lipinski definition) is 2. The van der Waals surface area contributed by atoms with Crippen molar-refractivity contribution in [3.8, 4) is 0 Å². The number of aryl methyl sites for hydroxylation is 1. The Morgan fingerprint density at radius 2 is 1.90 bits per heavy atom. The van der Waals surface area contributed by atoms with Crippen LogP contribution < -0.4 is 10.6 Å². The first-order valence-corrected chi connectivity index (χ1v) is 6.48. The number of amides is 1. The molecule has 0 bridgehead atoms. The normalized spacial score (nSPS) is 10.2. The lowest BCUT2D eigenvalue weighted by Crippen LogP contribution is -2.22. The molecule has 20 heavy (non-hydrogen) atoms. The number of carbonyl (C=O) groups is 1. The average molecular weight is 293 g/mol. The summed E-state index contributed by atoms with van der Waals surface area (Å²) in [5.41, 5.74) is 2.30. The van der Waals surface area contributed by atoms with Gasteiger partial charge >= 0.3 is 0 Å². The van der Waals surface area contributed by atoms with Gasteiger partial charge in [-0.2, -0.15) is 0 Å². The van der Waals surface area contributed by atoms with Crippen molar-refractivity contribution in [2.75, 3.05) is 17.2 Å². The van der Waals surface area contributed by atoms with Crippen LogP contribution in [0.3, 0.4) is 0 Å². The standard InChI is InChI=1S/C15H14ClFN2O/c1-10-2-3-11(16)8-14(10)19-15(20)9-18-13-6-4-12(17)5-7-13/h2-8,18H,9H2,1H3,(H,19,20). The maximum Gasteiger partial charge on any atom is 0.243 e. The van der Waals surface area contributed by atoms with E-state index >= 15 is 0 Å². The Morgan fingerprint density at radius 1 is 1.20 bits per heavy atom. The summed E-state index contributed by atoms with van der Waals surface area (Å²) in [6.45, 7) is 1.98. The largest absolute Gasteiger partial charge is 0.376 e. The van der Waals surface area contributed by atoms with Crippen LogP contribution in [0.4, 0.5) is 15.8 Å². The van der Waals surface area contributed by atoms with E-state index in [9.17, 15) is 9.18 Å². The predicted molar refractivity (Wildman–Crippen MR) is 79.7 cm³/mol. The Balaban J connectivity index is 1.92. The molecule has 0 aliphatic carbocycles. The van der Waals surface area contributed by atoms with Crippen molar-refractivity contribution in [3.05, 3.63) is 58.9 Å². The zero-order chi connectivity index (χ0) is 14.5. The molecule has 0 unspecified atom stereocenters. The minimum atomic E-state index is -0.311. The van der Waals surface area contributed by atoms with Crippen LogP contribution in [0.2, 0.25) is 5.02 Å². The second-order valence-corrected chi connectivity index (χ2v) is 4.80. The van der Waals surface area contributed by atoms with E-state index in [0.717, 1.165) is 5.56 Å². The Bertz CT molecular complexity index is 614. The molecule has 0 radical (unpaired) electrons. The molecular weight excluding hydrogens is 279 g/mol. The molecule has 0 aromatic heterocycles. The number of rotatable bonds is 4. The SMILES string of the molecule is Cc1ccc(Cl)cc1NC(=O)CNc1ccc(F)cc1. The zero-order valence-corrected chi connectivity index (χ0v) is 11.7. The van der Waals surface area contributed by atoms with Gasteiger partial charge < -0.3 is 10.6 Å². The molecule has 2 N–H and O–H groups in total. The van der Waals surface area contributed by atoms with Gasteiger partial charge in [-0.1, -0.05) is 17.7 Å². The molecule has 0 aliphatic heterocycles. The van der Waals surface area contributed by atoms with Gasteiger partial charge in [0, 0.05) is 16.4 Å². The molecule has 0 heterocycles. The average Bonchev–Trinajstić information content (AvgIpc) is 2.42. The topological polar surface area (TPSA) is 41.1 Å². The fraction of sp³-hybridized carbons (Fsp3) is 0.133. The zero-order valence-electron chi connectivity index (χ0n) is 10.9. The molecule has 1 amide bonds. The summed E-state index contributed by atoms with van der Waals surface area (Å²) in [7, 11) is 0. The minimum Gasteiger partial charge on any atom is -0.376 e. The van der Waals surface area contributed by atoms with Gasteiger partial charge in [0.25, 0.3) is 0 Å². The smallest absolute Gasteiger partial charge is 0.243 e. The van der Waals surface area contributed by atoms with Crippen LogP contribution in [0.5, 0.6) is 0 Å². The first kappa shape index (κ1) is 14.3. The van der Waals surface area contributed by atoms with Crippen molar-refractivity contribution >= 4 is 28.9 Å².